The molecule has 1 saturated heterocycles. The number of carbonyl (C=O) groups is 4. The summed E-state index contributed by atoms with van der Waals surface area (Å²) in [7, 11) is 0. The molecule has 0 saturated carbocycles. The van der Waals surface area contributed by atoms with Crippen LogP contribution in [0.2, 0.25) is 0 Å². The fraction of sp³-hybridized carbons (Fsp3) is 0.750. The Kier molecular flexibility index (Phi) is 7.82. The molecule has 0 aliphatic carbocycles. The standard InChI is InChI=1S/C16H28N4O5/c1-4-9(2)13(17)15(23)20-7-5-6-11(20)14(22)18-8-12(21)19-10(3)16(24)25/h9-11,13H,4-8,17H2,1-3H3,(H,18,22)(H,19,21)(H,24,25). The molecule has 0 bridgehead atoms. The average Bonchev–Trinajstić information content (AvgIpc) is 3.07. The van der Waals surface area contributed by atoms with Gasteiger partial charge >= 0.3 is 5.97 Å². The molecule has 25 heavy (non-hydrogen) atoms. The summed E-state index contributed by atoms with van der Waals surface area (Å²) in [6.07, 6.45) is 1.97. The third-order valence-electron chi connectivity index (χ3n) is 4.55. The van der Waals surface area contributed by atoms with Crippen LogP contribution in [0.1, 0.15) is 40.0 Å². The molecule has 1 rings (SSSR count). The van der Waals surface area contributed by atoms with Gasteiger partial charge in [-0.3, -0.25) is 19.2 Å². The van der Waals surface area contributed by atoms with Gasteiger partial charge in [-0.15, -0.1) is 0 Å². The highest BCUT2D eigenvalue weighted by Crippen LogP contribution is 2.20. The minimum absolute atomic E-state index is 0.0140. The molecule has 0 aromatic heterocycles. The molecule has 142 valence electrons. The maximum Gasteiger partial charge on any atom is 0.325 e. The number of nitrogens with one attached hydrogen (secondary N) is 2. The number of hydrogen-bond donors (Lipinski definition) is 4. The van der Waals surface area contributed by atoms with Gasteiger partial charge in [0.2, 0.25) is 17.7 Å². The van der Waals surface area contributed by atoms with Crippen molar-refractivity contribution in [3.63, 3.8) is 0 Å². The molecule has 1 aliphatic rings. The maximum atomic E-state index is 12.5. The smallest absolute Gasteiger partial charge is 0.325 e. The Bertz CT molecular complexity index is 525. The van der Waals surface area contributed by atoms with E-state index in [1.54, 1.807) is 0 Å². The number of amides is 3. The van der Waals surface area contributed by atoms with Crippen LogP contribution in [0.15, 0.2) is 0 Å². The molecule has 0 aromatic carbocycles. The number of nitrogens with two attached hydrogens (primary N) is 1. The molecule has 5 N–H and O–H groups in total. The van der Waals surface area contributed by atoms with Crippen molar-refractivity contribution in [1.29, 1.82) is 0 Å². The first-order chi connectivity index (χ1) is 11.7. The number of likely N-dealkylation sites (tertiary alicyclic amines) is 1. The zero-order chi connectivity index (χ0) is 19.1. The number of carboxylic acid groups (broad SMARTS) is 1. The second-order valence-electron chi connectivity index (χ2n) is 6.45. The van der Waals surface area contributed by atoms with Crippen molar-refractivity contribution in [1.82, 2.24) is 15.5 Å². The molecule has 4 atom stereocenters. The molecule has 1 heterocycles. The van der Waals surface area contributed by atoms with E-state index in [9.17, 15) is 19.2 Å². The van der Waals surface area contributed by atoms with Gasteiger partial charge in [-0.25, -0.2) is 0 Å². The molecule has 9 nitrogen and oxygen atoms in total. The van der Waals surface area contributed by atoms with Gasteiger partial charge in [-0.2, -0.15) is 0 Å². The Labute approximate surface area is 147 Å². The summed E-state index contributed by atoms with van der Waals surface area (Å²) in [5.41, 5.74) is 5.98. The predicted molar refractivity (Wildman–Crippen MR) is 90.4 cm³/mol. The van der Waals surface area contributed by atoms with Gasteiger partial charge < -0.3 is 26.4 Å². The zero-order valence-corrected chi connectivity index (χ0v) is 14.9. The Balaban J connectivity index is 2.58. The minimum atomic E-state index is -1.16. The maximum absolute atomic E-state index is 12.5. The second-order valence-corrected chi connectivity index (χ2v) is 6.45. The molecular weight excluding hydrogens is 328 g/mol. The highest BCUT2D eigenvalue weighted by atomic mass is 16.4. The van der Waals surface area contributed by atoms with Crippen LogP contribution in [0.3, 0.4) is 0 Å². The first-order valence-corrected chi connectivity index (χ1v) is 8.54. The van der Waals surface area contributed by atoms with Crippen LogP contribution in [0.4, 0.5) is 0 Å². The molecule has 0 spiro atoms. The van der Waals surface area contributed by atoms with Crippen molar-refractivity contribution in [3.8, 4) is 0 Å². The van der Waals surface area contributed by atoms with E-state index in [2.05, 4.69) is 10.6 Å². The first-order valence-electron chi connectivity index (χ1n) is 8.54. The molecular formula is C16H28N4O5. The zero-order valence-electron chi connectivity index (χ0n) is 14.9. The fourth-order valence-corrected chi connectivity index (χ4v) is 2.63. The number of carboxylic acids is 1. The number of hydrogen-bond acceptors (Lipinski definition) is 5. The highest BCUT2D eigenvalue weighted by Gasteiger charge is 2.37. The van der Waals surface area contributed by atoms with Crippen molar-refractivity contribution in [3.05, 3.63) is 0 Å². The van der Waals surface area contributed by atoms with E-state index < -0.39 is 35.9 Å². The predicted octanol–water partition coefficient (Wildman–Crippen LogP) is -0.944. The quantitative estimate of drug-likeness (QED) is 0.442. The van der Waals surface area contributed by atoms with Crippen LogP contribution in [0, 0.1) is 5.92 Å². The lowest BCUT2D eigenvalue weighted by atomic mass is 9.98. The fourth-order valence-electron chi connectivity index (χ4n) is 2.63. The number of carbonyl (C=O) groups excluding carboxylic acids is 3. The van der Waals surface area contributed by atoms with Crippen LogP contribution in [-0.2, 0) is 19.2 Å². The lowest BCUT2D eigenvalue weighted by molar-refractivity contribution is -0.142. The molecule has 1 fully saturated rings. The van der Waals surface area contributed by atoms with Crippen molar-refractivity contribution < 1.29 is 24.3 Å². The summed E-state index contributed by atoms with van der Waals surface area (Å²) >= 11 is 0. The monoisotopic (exact) mass is 356 g/mol. The van der Waals surface area contributed by atoms with E-state index in [0.29, 0.717) is 19.4 Å². The Morgan fingerprint density at radius 2 is 1.92 bits per heavy atom. The average molecular weight is 356 g/mol. The van der Waals surface area contributed by atoms with E-state index >= 15 is 0 Å². The van der Waals surface area contributed by atoms with Crippen molar-refractivity contribution >= 4 is 23.7 Å². The Morgan fingerprint density at radius 3 is 2.48 bits per heavy atom. The van der Waals surface area contributed by atoms with Crippen molar-refractivity contribution in [2.45, 2.75) is 58.2 Å². The SMILES string of the molecule is CCC(C)C(N)C(=O)N1CCCC1C(=O)NCC(=O)NC(C)C(=O)O. The normalized spacial score (nSPS) is 20.5. The summed E-state index contributed by atoms with van der Waals surface area (Å²) in [6, 6.07) is -2.34. The topological polar surface area (TPSA) is 142 Å². The lowest BCUT2D eigenvalue weighted by Crippen LogP contribution is -2.54. The van der Waals surface area contributed by atoms with E-state index in [4.69, 9.17) is 10.8 Å². The van der Waals surface area contributed by atoms with Gasteiger partial charge in [-0.05, 0) is 25.7 Å². The van der Waals surface area contributed by atoms with Crippen LogP contribution < -0.4 is 16.4 Å². The summed E-state index contributed by atoms with van der Waals surface area (Å²) in [4.78, 5) is 48.6. The van der Waals surface area contributed by atoms with Gasteiger partial charge in [0.15, 0.2) is 0 Å². The molecule has 4 unspecified atom stereocenters. The van der Waals surface area contributed by atoms with Crippen LogP contribution in [0.25, 0.3) is 0 Å². The molecule has 9 heteroatoms. The van der Waals surface area contributed by atoms with Gasteiger partial charge in [-0.1, -0.05) is 20.3 Å². The minimum Gasteiger partial charge on any atom is -0.480 e. The van der Waals surface area contributed by atoms with E-state index in [0.717, 1.165) is 6.42 Å². The summed E-state index contributed by atoms with van der Waals surface area (Å²) in [6.45, 7) is 5.29. The third-order valence-corrected chi connectivity index (χ3v) is 4.55. The van der Waals surface area contributed by atoms with Gasteiger partial charge in [0.25, 0.3) is 0 Å². The summed E-state index contributed by atoms with van der Waals surface area (Å²) in [5.74, 6) is -2.43. The number of rotatable bonds is 8. The molecule has 3 amide bonds. The van der Waals surface area contributed by atoms with Gasteiger partial charge in [0.05, 0.1) is 12.6 Å². The van der Waals surface area contributed by atoms with Crippen molar-refractivity contribution in [2.24, 2.45) is 11.7 Å². The highest BCUT2D eigenvalue weighted by molar-refractivity contribution is 5.93. The molecule has 0 radical (unpaired) electrons. The number of aliphatic carboxylic acids is 1. The molecule has 1 aliphatic heterocycles. The van der Waals surface area contributed by atoms with Crippen LogP contribution in [0.5, 0.6) is 0 Å². The summed E-state index contributed by atoms with van der Waals surface area (Å²) in [5, 5.41) is 13.4. The Morgan fingerprint density at radius 1 is 1.28 bits per heavy atom. The van der Waals surface area contributed by atoms with Crippen LogP contribution in [-0.4, -0.2) is 64.9 Å². The van der Waals surface area contributed by atoms with E-state index in [1.165, 1.54) is 11.8 Å². The number of nitrogens with zero attached hydrogens (tertiary/aromatic N) is 1. The summed E-state index contributed by atoms with van der Waals surface area (Å²) < 4.78 is 0. The Hall–Kier alpha value is -2.16. The lowest BCUT2D eigenvalue weighted by Gasteiger charge is -2.28. The van der Waals surface area contributed by atoms with Gasteiger partial charge in [0.1, 0.15) is 12.1 Å². The first kappa shape index (κ1) is 20.9. The van der Waals surface area contributed by atoms with E-state index in [1.807, 2.05) is 13.8 Å². The largest absolute Gasteiger partial charge is 0.480 e. The second kappa shape index (κ2) is 9.36. The molecule has 0 aromatic rings. The van der Waals surface area contributed by atoms with E-state index in [-0.39, 0.29) is 18.4 Å². The van der Waals surface area contributed by atoms with Gasteiger partial charge in [0, 0.05) is 6.54 Å². The third kappa shape index (κ3) is 5.70. The van der Waals surface area contributed by atoms with Crippen LogP contribution >= 0.6 is 0 Å². The van der Waals surface area contributed by atoms with Crippen molar-refractivity contribution in [2.75, 3.05) is 13.1 Å².